The van der Waals surface area contributed by atoms with Crippen LogP contribution < -0.4 is 5.73 Å². The molecular formula is C17H26Cl2N4O3S. The van der Waals surface area contributed by atoms with Crippen LogP contribution in [0.15, 0.2) is 41.6 Å². The third-order valence-corrected chi connectivity index (χ3v) is 6.49. The van der Waals surface area contributed by atoms with Gasteiger partial charge in [0.15, 0.2) is 0 Å². The first kappa shape index (κ1) is 23.9. The highest BCUT2D eigenvalue weighted by molar-refractivity contribution is 8.22. The Balaban J connectivity index is 0.00000182. The number of aromatic nitrogens is 1. The predicted molar refractivity (Wildman–Crippen MR) is 114 cm³/mol. The summed E-state index contributed by atoms with van der Waals surface area (Å²) in [5.41, 5.74) is 5.46. The second kappa shape index (κ2) is 10.4. The van der Waals surface area contributed by atoms with Crippen molar-refractivity contribution in [3.63, 3.8) is 0 Å². The van der Waals surface area contributed by atoms with Crippen molar-refractivity contribution in [2.45, 2.75) is 17.7 Å². The summed E-state index contributed by atoms with van der Waals surface area (Å²) in [7, 11) is -3.13. The number of pyridine rings is 1. The molecule has 0 radical (unpaired) electrons. The first-order chi connectivity index (χ1) is 12.0. The standard InChI is InChI=1S/C17H24N4O3S.2ClH/c18-7-5-17(22)20-9-2-10-21(12-11-20)25(23,24)16-4-1-3-14-13-19-8-6-15(14)16;;/h1,3-4,6,8,13,23-24H,2,5,7,9-12,18H2;2*1H. The molecule has 3 rings (SSSR count). The molecule has 2 heterocycles. The molecule has 0 unspecified atom stereocenters. The van der Waals surface area contributed by atoms with E-state index in [1.807, 2.05) is 12.1 Å². The van der Waals surface area contributed by atoms with Crippen LogP contribution in [0.2, 0.25) is 0 Å². The van der Waals surface area contributed by atoms with E-state index in [2.05, 4.69) is 4.98 Å². The number of carbonyl (C=O) groups excluding carboxylic acids is 1. The summed E-state index contributed by atoms with van der Waals surface area (Å²) in [6.45, 7) is 2.36. The molecule has 0 saturated carbocycles. The largest absolute Gasteiger partial charge is 0.341 e. The number of hydrogen-bond acceptors (Lipinski definition) is 6. The molecule has 1 amide bonds. The van der Waals surface area contributed by atoms with Gasteiger partial charge in [-0.3, -0.25) is 18.9 Å². The number of amides is 1. The SMILES string of the molecule is Cl.Cl.NCCC(=O)N1CCCN(S(O)(O)c2cccc3cnccc23)CC1. The number of carbonyl (C=O) groups is 1. The van der Waals surface area contributed by atoms with E-state index in [4.69, 9.17) is 5.73 Å². The fourth-order valence-electron chi connectivity index (χ4n) is 3.15. The van der Waals surface area contributed by atoms with Gasteiger partial charge in [0.1, 0.15) is 0 Å². The maximum atomic E-state index is 12.1. The van der Waals surface area contributed by atoms with Crippen LogP contribution in [-0.4, -0.2) is 61.9 Å². The van der Waals surface area contributed by atoms with Gasteiger partial charge in [-0.15, -0.1) is 35.6 Å². The van der Waals surface area contributed by atoms with E-state index in [9.17, 15) is 13.9 Å². The van der Waals surface area contributed by atoms with Crippen molar-refractivity contribution in [2.24, 2.45) is 5.73 Å². The molecule has 152 valence electrons. The topological polar surface area (TPSA) is 103 Å². The summed E-state index contributed by atoms with van der Waals surface area (Å²) in [4.78, 5) is 18.4. The van der Waals surface area contributed by atoms with E-state index >= 15 is 0 Å². The number of nitrogens with two attached hydrogens (primary N) is 1. The Morgan fingerprint density at radius 3 is 2.67 bits per heavy atom. The Morgan fingerprint density at radius 2 is 1.93 bits per heavy atom. The molecule has 2 aromatic rings. The number of benzene rings is 1. The Hall–Kier alpha value is -1.13. The summed E-state index contributed by atoms with van der Waals surface area (Å²) in [5.74, 6) is 0.0251. The third-order valence-electron chi connectivity index (χ3n) is 4.46. The maximum Gasteiger partial charge on any atom is 0.223 e. The molecule has 0 spiro atoms. The van der Waals surface area contributed by atoms with Crippen molar-refractivity contribution in [3.8, 4) is 0 Å². The van der Waals surface area contributed by atoms with E-state index < -0.39 is 10.8 Å². The minimum absolute atomic E-state index is 0. The number of nitrogens with zero attached hydrogens (tertiary/aromatic N) is 3. The van der Waals surface area contributed by atoms with Crippen LogP contribution in [0.3, 0.4) is 0 Å². The first-order valence-electron chi connectivity index (χ1n) is 8.38. The zero-order chi connectivity index (χ0) is 17.9. The number of hydrogen-bond donors (Lipinski definition) is 3. The van der Waals surface area contributed by atoms with E-state index in [0.29, 0.717) is 50.5 Å². The van der Waals surface area contributed by atoms with E-state index in [1.54, 1.807) is 33.7 Å². The Bertz CT molecular complexity index is 761. The quantitative estimate of drug-likeness (QED) is 0.680. The molecular weight excluding hydrogens is 411 g/mol. The lowest BCUT2D eigenvalue weighted by atomic mass is 10.2. The van der Waals surface area contributed by atoms with Gasteiger partial charge in [-0.05, 0) is 18.6 Å². The second-order valence-electron chi connectivity index (χ2n) is 6.07. The minimum atomic E-state index is -3.13. The van der Waals surface area contributed by atoms with Gasteiger partial charge >= 0.3 is 0 Å². The molecule has 4 N–H and O–H groups in total. The van der Waals surface area contributed by atoms with Crippen LogP contribution in [-0.2, 0) is 4.79 Å². The van der Waals surface area contributed by atoms with Crippen molar-refractivity contribution in [1.29, 1.82) is 0 Å². The summed E-state index contributed by atoms with van der Waals surface area (Å²) in [5, 5.41) is 1.66. The van der Waals surface area contributed by atoms with Gasteiger partial charge in [-0.1, -0.05) is 12.1 Å². The van der Waals surface area contributed by atoms with E-state index in [1.165, 1.54) is 0 Å². The van der Waals surface area contributed by atoms with E-state index in [0.717, 1.165) is 10.8 Å². The molecule has 0 atom stereocenters. The molecule has 1 saturated heterocycles. The molecule has 0 aliphatic carbocycles. The van der Waals surface area contributed by atoms with Crippen molar-refractivity contribution in [2.75, 3.05) is 32.7 Å². The van der Waals surface area contributed by atoms with Crippen LogP contribution in [0.25, 0.3) is 10.8 Å². The van der Waals surface area contributed by atoms with Crippen LogP contribution >= 0.6 is 35.6 Å². The van der Waals surface area contributed by atoms with Crippen molar-refractivity contribution >= 4 is 52.3 Å². The second-order valence-corrected chi connectivity index (χ2v) is 8.07. The van der Waals surface area contributed by atoms with Gasteiger partial charge in [0.2, 0.25) is 5.91 Å². The van der Waals surface area contributed by atoms with Gasteiger partial charge in [-0.25, -0.2) is 4.31 Å². The van der Waals surface area contributed by atoms with Crippen molar-refractivity contribution in [3.05, 3.63) is 36.7 Å². The zero-order valence-electron chi connectivity index (χ0n) is 14.9. The molecule has 7 nitrogen and oxygen atoms in total. The molecule has 1 aliphatic heterocycles. The average molecular weight is 437 g/mol. The van der Waals surface area contributed by atoms with Crippen molar-refractivity contribution < 1.29 is 13.9 Å². The van der Waals surface area contributed by atoms with Crippen LogP contribution in [0, 0.1) is 0 Å². The average Bonchev–Trinajstić information content (AvgIpc) is 2.88. The fourth-order valence-corrected chi connectivity index (χ4v) is 4.89. The lowest BCUT2D eigenvalue weighted by molar-refractivity contribution is -0.130. The smallest absolute Gasteiger partial charge is 0.223 e. The molecule has 1 aromatic heterocycles. The summed E-state index contributed by atoms with van der Waals surface area (Å²) >= 11 is 0. The normalized spacial score (nSPS) is 16.2. The Labute approximate surface area is 173 Å². The molecule has 1 fully saturated rings. The van der Waals surface area contributed by atoms with Gasteiger partial charge in [-0.2, -0.15) is 0 Å². The zero-order valence-corrected chi connectivity index (χ0v) is 17.3. The number of fused-ring (bicyclic) bond motifs is 1. The van der Waals surface area contributed by atoms with Crippen LogP contribution in [0.4, 0.5) is 0 Å². The monoisotopic (exact) mass is 436 g/mol. The highest BCUT2D eigenvalue weighted by Gasteiger charge is 2.29. The molecule has 10 heteroatoms. The maximum absolute atomic E-state index is 12.1. The van der Waals surface area contributed by atoms with Gasteiger partial charge in [0.05, 0.1) is 4.90 Å². The highest BCUT2D eigenvalue weighted by atomic mass is 35.5. The first-order valence-corrected chi connectivity index (χ1v) is 9.88. The highest BCUT2D eigenvalue weighted by Crippen LogP contribution is 2.54. The predicted octanol–water partition coefficient (Wildman–Crippen LogP) is 2.99. The lowest BCUT2D eigenvalue weighted by Crippen LogP contribution is -2.36. The third kappa shape index (κ3) is 5.23. The van der Waals surface area contributed by atoms with E-state index in [-0.39, 0.29) is 30.7 Å². The molecule has 27 heavy (non-hydrogen) atoms. The Morgan fingerprint density at radius 1 is 1.15 bits per heavy atom. The molecule has 0 bridgehead atoms. The summed E-state index contributed by atoms with van der Waals surface area (Å²) < 4.78 is 23.7. The van der Waals surface area contributed by atoms with Gasteiger partial charge in [0.25, 0.3) is 0 Å². The fraction of sp³-hybridized carbons (Fsp3) is 0.412. The lowest BCUT2D eigenvalue weighted by Gasteiger charge is -2.43. The van der Waals surface area contributed by atoms with Gasteiger partial charge in [0, 0.05) is 62.3 Å². The summed E-state index contributed by atoms with van der Waals surface area (Å²) in [6, 6.07) is 7.26. The Kier molecular flexibility index (Phi) is 9.23. The van der Waals surface area contributed by atoms with Crippen LogP contribution in [0.5, 0.6) is 0 Å². The van der Waals surface area contributed by atoms with Crippen LogP contribution in [0.1, 0.15) is 12.8 Å². The van der Waals surface area contributed by atoms with Crippen molar-refractivity contribution in [1.82, 2.24) is 14.2 Å². The number of halogens is 2. The van der Waals surface area contributed by atoms with Gasteiger partial charge < -0.3 is 10.6 Å². The summed E-state index contributed by atoms with van der Waals surface area (Å²) in [6.07, 6.45) is 4.38. The number of rotatable bonds is 4. The minimum Gasteiger partial charge on any atom is -0.341 e. The molecule has 1 aromatic carbocycles. The molecule has 1 aliphatic rings.